The van der Waals surface area contributed by atoms with Crippen LogP contribution in [0.1, 0.15) is 0 Å². The van der Waals surface area contributed by atoms with E-state index in [-0.39, 0.29) is 10.9 Å². The largest absolute Gasteiger partial charge is 0.743 e. The predicted molar refractivity (Wildman–Crippen MR) is 194 cm³/mol. The lowest BCUT2D eigenvalue weighted by Crippen LogP contribution is -3.34. The Morgan fingerprint density at radius 1 is 0.348 bits per heavy atom. The van der Waals surface area contributed by atoms with E-state index >= 15 is 0 Å². The minimum absolute atomic E-state index is 0.110. The van der Waals surface area contributed by atoms with Crippen molar-refractivity contribution < 1.29 is 128 Å². The van der Waals surface area contributed by atoms with Gasteiger partial charge in [-0.15, -0.1) is 0 Å². The zero-order valence-electron chi connectivity index (χ0n) is 31.6. The zero-order valence-corrected chi connectivity index (χ0v) is 36.4. The number of benzene rings is 5. The van der Waals surface area contributed by atoms with Gasteiger partial charge in [-0.05, 0) is 95.1 Å². The van der Waals surface area contributed by atoms with Crippen LogP contribution in [0.4, 0.5) is 79.0 Å². The highest BCUT2D eigenvalue weighted by Gasteiger charge is 2.85. The van der Waals surface area contributed by atoms with Crippen molar-refractivity contribution in [3.05, 3.63) is 137 Å². The minimum Gasteiger partial charge on any atom is -0.743 e. The second-order valence-corrected chi connectivity index (χ2v) is 19.0. The van der Waals surface area contributed by atoms with Crippen molar-refractivity contribution in [3.8, 4) is 22.3 Å². The molecular formula is C38H23F18IO6S3. The van der Waals surface area contributed by atoms with E-state index in [1.165, 1.54) is 40.5 Å². The van der Waals surface area contributed by atoms with Gasteiger partial charge in [-0.1, -0.05) is 60.7 Å². The Balaban J connectivity index is 0.000000291. The summed E-state index contributed by atoms with van der Waals surface area (Å²) in [7, 11) is -14.9. The molecule has 0 radical (unpaired) electrons. The smallest absolute Gasteiger partial charge is 0.460 e. The fourth-order valence-electron chi connectivity index (χ4n) is 4.84. The van der Waals surface area contributed by atoms with E-state index in [9.17, 15) is 105 Å². The number of hydrogen-bond donors (Lipinski definition) is 0. The van der Waals surface area contributed by atoms with E-state index in [0.29, 0.717) is 0 Å². The molecule has 0 N–H and O–H groups in total. The molecule has 0 saturated heterocycles. The predicted octanol–water partition coefficient (Wildman–Crippen LogP) is 8.49. The molecule has 0 fully saturated rings. The summed E-state index contributed by atoms with van der Waals surface area (Å²) < 4.78 is 272. The van der Waals surface area contributed by atoms with Crippen LogP contribution < -0.4 is 22.6 Å². The van der Waals surface area contributed by atoms with Crippen LogP contribution >= 0.6 is 0 Å². The minimum atomic E-state index is -7.43. The number of hydrogen-bond acceptors (Lipinski definition) is 6. The third-order valence-electron chi connectivity index (χ3n) is 8.31. The molecule has 0 unspecified atom stereocenters. The van der Waals surface area contributed by atoms with Gasteiger partial charge in [0.25, 0.3) is 22.6 Å². The molecular weight excluding hydrogens is 1120 g/mol. The van der Waals surface area contributed by atoms with Crippen LogP contribution in [0.3, 0.4) is 0 Å². The van der Waals surface area contributed by atoms with Crippen molar-refractivity contribution in [1.29, 1.82) is 0 Å². The first-order chi connectivity index (χ1) is 29.8. The molecule has 6 nitrogen and oxygen atoms in total. The number of rotatable bonds is 11. The fourth-order valence-corrected chi connectivity index (χ4v) is 8.20. The van der Waals surface area contributed by atoms with Crippen molar-refractivity contribution in [2.75, 3.05) is 0 Å². The van der Waals surface area contributed by atoms with Crippen LogP contribution in [-0.2, 0) is 31.1 Å². The van der Waals surface area contributed by atoms with E-state index in [1.807, 2.05) is 22.6 Å². The van der Waals surface area contributed by atoms with Crippen molar-refractivity contribution in [2.45, 2.75) is 61.2 Å². The molecule has 0 amide bonds. The Bertz CT molecular complexity index is 2500. The standard InChI is InChI=1S/C30H23IS.2C4HF9O3S/c31-27-19-15-25(16-20-27)23-11-13-24(14-12-23)26-17-21-30(22-18-26)32(28-7-3-1-4-8-28)29-9-5-2-6-10-29;2*5-1(6,3(9,10)11)2(7,8)4(12,13)17(14,15)16/h1-22,31H;2*(H,14,15,16)/q+2;;/p-2. The molecule has 0 bridgehead atoms. The summed E-state index contributed by atoms with van der Waals surface area (Å²) in [5.41, 5.74) is 5.00. The monoisotopic (exact) mass is 1140 g/mol. The molecule has 66 heavy (non-hydrogen) atoms. The summed E-state index contributed by atoms with van der Waals surface area (Å²) in [5.74, 6) is -29.6. The molecule has 28 heteroatoms. The summed E-state index contributed by atoms with van der Waals surface area (Å²) in [5, 5.41) is -14.2. The number of halogens is 19. The summed E-state index contributed by atoms with van der Waals surface area (Å²) in [4.78, 5) is 4.02. The lowest BCUT2D eigenvalue weighted by molar-refractivity contribution is -0.382. The molecule has 0 atom stereocenters. The highest BCUT2D eigenvalue weighted by Crippen LogP contribution is 2.55. The van der Waals surface area contributed by atoms with Crippen molar-refractivity contribution in [3.63, 3.8) is 0 Å². The maximum atomic E-state index is 12.2. The molecule has 0 aliphatic rings. The molecule has 0 spiro atoms. The summed E-state index contributed by atoms with van der Waals surface area (Å²) in [6.45, 7) is 0. The Kier molecular flexibility index (Phi) is 16.8. The maximum absolute atomic E-state index is 12.2. The Labute approximate surface area is 377 Å². The van der Waals surface area contributed by atoms with Gasteiger partial charge < -0.3 is 9.11 Å². The van der Waals surface area contributed by atoms with Gasteiger partial charge in [0, 0.05) is 0 Å². The summed E-state index contributed by atoms with van der Waals surface area (Å²) in [6, 6.07) is 48.3. The van der Waals surface area contributed by atoms with Crippen molar-refractivity contribution in [2.24, 2.45) is 0 Å². The van der Waals surface area contributed by atoms with E-state index in [0.717, 1.165) is 0 Å². The molecule has 0 aliphatic heterocycles. The molecule has 5 aromatic carbocycles. The van der Waals surface area contributed by atoms with Gasteiger partial charge in [0.15, 0.2) is 38.5 Å². The summed E-state index contributed by atoms with van der Waals surface area (Å²) in [6.07, 6.45) is -14.3. The number of alkyl halides is 18. The Hall–Kier alpha value is -4.26. The van der Waals surface area contributed by atoms with Crippen LogP contribution in [0.25, 0.3) is 22.3 Å². The molecule has 5 rings (SSSR count). The van der Waals surface area contributed by atoms with E-state index in [4.69, 9.17) is 0 Å². The summed E-state index contributed by atoms with van der Waals surface area (Å²) >= 11 is 2.05. The van der Waals surface area contributed by atoms with Gasteiger partial charge >= 0.3 is 46.6 Å². The van der Waals surface area contributed by atoms with Crippen LogP contribution in [0, 0.1) is 3.57 Å². The average molecular weight is 1140 g/mol. The van der Waals surface area contributed by atoms with Crippen LogP contribution in [0.5, 0.6) is 0 Å². The molecule has 5 aromatic rings. The molecule has 0 saturated carbocycles. The first-order valence-electron chi connectivity index (χ1n) is 16.9. The Morgan fingerprint density at radius 3 is 0.818 bits per heavy atom. The molecule has 362 valence electrons. The average Bonchev–Trinajstić information content (AvgIpc) is 3.21. The van der Waals surface area contributed by atoms with Crippen LogP contribution in [-0.4, -0.2) is 72.5 Å². The molecule has 0 aliphatic carbocycles. The lowest BCUT2D eigenvalue weighted by Gasteiger charge is -2.34. The van der Waals surface area contributed by atoms with Gasteiger partial charge in [0.2, 0.25) is 0 Å². The zero-order chi connectivity index (χ0) is 50.8. The third-order valence-corrected chi connectivity index (χ3v) is 13.1. The quantitative estimate of drug-likeness (QED) is 0.0568. The lowest BCUT2D eigenvalue weighted by atomic mass is 10.0. The van der Waals surface area contributed by atoms with Crippen LogP contribution in [0.2, 0.25) is 0 Å². The first-order valence-corrected chi connectivity index (χ1v) is 22.1. The normalized spacial score (nSPS) is 13.6. The maximum Gasteiger partial charge on any atom is 0.460 e. The SMILES string of the molecule is O=S(=O)([O-])C(F)(F)C(F)(F)C(F)(F)C(F)(F)F.O=S(=O)([O-])C(F)(F)C(F)(F)C(F)(F)C(F)(F)F.[IH+]c1ccc(-c2ccc(-c3ccc([S+](c4ccccc4)c4ccccc4)cc3)cc2)cc1. The van der Waals surface area contributed by atoms with Gasteiger partial charge in [-0.3, -0.25) is 0 Å². The van der Waals surface area contributed by atoms with E-state index in [2.05, 4.69) is 133 Å². The molecule has 0 aromatic heterocycles. The second-order valence-electron chi connectivity index (χ2n) is 12.8. The Morgan fingerprint density at radius 2 is 0.576 bits per heavy atom. The van der Waals surface area contributed by atoms with Gasteiger partial charge in [0.05, 0.1) is 10.9 Å². The van der Waals surface area contributed by atoms with Gasteiger partial charge in [0.1, 0.15) is 0 Å². The fraction of sp³-hybridized carbons (Fsp3) is 0.211. The van der Waals surface area contributed by atoms with Gasteiger partial charge in [-0.25, -0.2) is 16.8 Å². The first kappa shape index (κ1) is 56.1. The third kappa shape index (κ3) is 11.5. The van der Waals surface area contributed by atoms with E-state index in [1.54, 1.807) is 0 Å². The highest BCUT2D eigenvalue weighted by atomic mass is 127. The topological polar surface area (TPSA) is 114 Å². The highest BCUT2D eigenvalue weighted by molar-refractivity contribution is 7.97. The molecule has 0 heterocycles. The second kappa shape index (κ2) is 19.8. The van der Waals surface area contributed by atoms with E-state index < -0.39 is 66.8 Å². The van der Waals surface area contributed by atoms with Crippen molar-refractivity contribution >= 4 is 31.1 Å². The van der Waals surface area contributed by atoms with Gasteiger partial charge in [-0.2, -0.15) is 79.0 Å². The van der Waals surface area contributed by atoms with Crippen molar-refractivity contribution in [1.82, 2.24) is 0 Å². The van der Waals surface area contributed by atoms with Crippen LogP contribution in [0.15, 0.2) is 148 Å².